The summed E-state index contributed by atoms with van der Waals surface area (Å²) in [7, 11) is 0. The van der Waals surface area contributed by atoms with Gasteiger partial charge in [0, 0.05) is 11.1 Å². The van der Waals surface area contributed by atoms with E-state index in [1.807, 2.05) is 54.6 Å². The number of hydrogen-bond donors (Lipinski definition) is 1. The first-order valence-corrected chi connectivity index (χ1v) is 7.68. The van der Waals surface area contributed by atoms with Gasteiger partial charge in [0.15, 0.2) is 11.2 Å². The third-order valence-electron chi connectivity index (χ3n) is 5.16. The molecule has 23 heavy (non-hydrogen) atoms. The van der Waals surface area contributed by atoms with Gasteiger partial charge in [-0.3, -0.25) is 0 Å². The predicted molar refractivity (Wildman–Crippen MR) is 89.2 cm³/mol. The molecule has 2 aliphatic heterocycles. The van der Waals surface area contributed by atoms with Crippen molar-refractivity contribution < 1.29 is 9.84 Å². The van der Waals surface area contributed by atoms with Gasteiger partial charge in [-0.1, -0.05) is 66.6 Å². The molecular formula is C21H14O2. The molecule has 0 saturated carbocycles. The highest BCUT2D eigenvalue weighted by atomic mass is 16.5. The number of fused-ring (bicyclic) bond motifs is 3. The van der Waals surface area contributed by atoms with E-state index in [2.05, 4.69) is 18.1 Å². The van der Waals surface area contributed by atoms with Crippen molar-refractivity contribution in [2.24, 2.45) is 0 Å². The molecule has 2 bridgehead atoms. The Balaban J connectivity index is 1.90. The third kappa shape index (κ3) is 1.29. The van der Waals surface area contributed by atoms with Crippen LogP contribution in [0.25, 0.3) is 11.1 Å². The molecule has 0 radical (unpaired) electrons. The smallest absolute Gasteiger partial charge is 0.188 e. The van der Waals surface area contributed by atoms with E-state index in [-0.39, 0.29) is 6.10 Å². The molecule has 2 aromatic carbocycles. The Labute approximate surface area is 134 Å². The standard InChI is InChI=1S/C21H14O2/c1-2-20(22)16-11-7-6-10-15(16)19-18(14-8-4-3-5-9-14)17-12-13-21(19,20)23-17/h1,3-13,17,22H/t17-,20-,21+/m0/s1. The molecule has 5 rings (SSSR count). The van der Waals surface area contributed by atoms with E-state index in [9.17, 15) is 5.11 Å². The second-order valence-electron chi connectivity index (χ2n) is 6.19. The fraction of sp³-hybridized carbons (Fsp3) is 0.143. The minimum absolute atomic E-state index is 0.166. The Morgan fingerprint density at radius 1 is 1.04 bits per heavy atom. The van der Waals surface area contributed by atoms with Crippen LogP contribution >= 0.6 is 0 Å². The number of aliphatic hydroxyl groups is 1. The zero-order valence-electron chi connectivity index (χ0n) is 12.4. The highest BCUT2D eigenvalue weighted by Gasteiger charge is 2.66. The summed E-state index contributed by atoms with van der Waals surface area (Å²) in [4.78, 5) is 0. The van der Waals surface area contributed by atoms with E-state index in [1.54, 1.807) is 0 Å². The van der Waals surface area contributed by atoms with E-state index < -0.39 is 11.2 Å². The molecule has 0 unspecified atom stereocenters. The van der Waals surface area contributed by atoms with Crippen LogP contribution in [0.15, 0.2) is 66.7 Å². The van der Waals surface area contributed by atoms with Crippen molar-refractivity contribution in [2.45, 2.75) is 17.3 Å². The Kier molecular flexibility index (Phi) is 2.26. The van der Waals surface area contributed by atoms with Crippen molar-refractivity contribution in [3.05, 3.63) is 83.4 Å². The summed E-state index contributed by atoms with van der Waals surface area (Å²) in [6.07, 6.45) is 9.53. The molecule has 2 aromatic rings. The summed E-state index contributed by atoms with van der Waals surface area (Å²) in [5, 5.41) is 11.3. The first-order chi connectivity index (χ1) is 11.2. The number of terminal acetylenes is 1. The summed E-state index contributed by atoms with van der Waals surface area (Å²) < 4.78 is 6.26. The fourth-order valence-corrected chi connectivity index (χ4v) is 4.20. The van der Waals surface area contributed by atoms with Crippen LogP contribution in [-0.2, 0) is 10.3 Å². The maximum atomic E-state index is 11.3. The molecule has 3 aliphatic rings. The van der Waals surface area contributed by atoms with Gasteiger partial charge in [0.2, 0.25) is 0 Å². The van der Waals surface area contributed by atoms with E-state index in [4.69, 9.17) is 11.2 Å². The summed E-state index contributed by atoms with van der Waals surface area (Å²) >= 11 is 0. The normalized spacial score (nSPS) is 32.8. The topological polar surface area (TPSA) is 29.5 Å². The number of ether oxygens (including phenoxy) is 1. The predicted octanol–water partition coefficient (Wildman–Crippen LogP) is 3.14. The number of benzene rings is 2. The first kappa shape index (κ1) is 12.9. The molecule has 2 nitrogen and oxygen atoms in total. The largest absolute Gasteiger partial charge is 0.370 e. The van der Waals surface area contributed by atoms with Crippen molar-refractivity contribution >= 4 is 11.1 Å². The molecule has 1 spiro atoms. The Bertz CT molecular complexity index is 932. The van der Waals surface area contributed by atoms with Gasteiger partial charge in [0.1, 0.15) is 6.10 Å². The van der Waals surface area contributed by atoms with Gasteiger partial charge in [0.05, 0.1) is 0 Å². The van der Waals surface area contributed by atoms with Gasteiger partial charge >= 0.3 is 0 Å². The van der Waals surface area contributed by atoms with Crippen LogP contribution in [0, 0.1) is 12.3 Å². The zero-order valence-corrected chi connectivity index (χ0v) is 12.4. The lowest BCUT2D eigenvalue weighted by atomic mass is 9.78. The SMILES string of the molecule is C#C[C@]1(O)c2ccccc2C2=C(c3ccccc3)[C@@H]3C=C[C@@]21O3. The van der Waals surface area contributed by atoms with Crippen LogP contribution < -0.4 is 0 Å². The van der Waals surface area contributed by atoms with Crippen LogP contribution in [-0.4, -0.2) is 16.8 Å². The van der Waals surface area contributed by atoms with Crippen molar-refractivity contribution in [3.63, 3.8) is 0 Å². The van der Waals surface area contributed by atoms with Crippen LogP contribution in [0.2, 0.25) is 0 Å². The fourth-order valence-electron chi connectivity index (χ4n) is 4.20. The second kappa shape index (κ2) is 4.02. The molecule has 110 valence electrons. The van der Waals surface area contributed by atoms with E-state index >= 15 is 0 Å². The monoisotopic (exact) mass is 298 g/mol. The highest BCUT2D eigenvalue weighted by molar-refractivity contribution is 6.05. The number of rotatable bonds is 1. The Morgan fingerprint density at radius 3 is 2.57 bits per heavy atom. The molecule has 1 N–H and O–H groups in total. The lowest BCUT2D eigenvalue weighted by Gasteiger charge is -2.33. The minimum Gasteiger partial charge on any atom is -0.370 e. The van der Waals surface area contributed by atoms with Crippen LogP contribution in [0.4, 0.5) is 0 Å². The highest BCUT2D eigenvalue weighted by Crippen LogP contribution is 2.63. The van der Waals surface area contributed by atoms with Crippen molar-refractivity contribution in [2.75, 3.05) is 0 Å². The summed E-state index contributed by atoms with van der Waals surface area (Å²) in [6, 6.07) is 17.9. The van der Waals surface area contributed by atoms with Crippen molar-refractivity contribution in [3.8, 4) is 12.3 Å². The lowest BCUT2D eigenvalue weighted by Crippen LogP contribution is -2.45. The average Bonchev–Trinajstić information content (AvgIpc) is 3.25. The van der Waals surface area contributed by atoms with Crippen molar-refractivity contribution in [1.82, 2.24) is 0 Å². The van der Waals surface area contributed by atoms with E-state index in [0.717, 1.165) is 27.8 Å². The molecule has 0 aromatic heterocycles. The summed E-state index contributed by atoms with van der Waals surface area (Å²) in [5.41, 5.74) is 2.51. The Morgan fingerprint density at radius 2 is 1.78 bits per heavy atom. The first-order valence-electron chi connectivity index (χ1n) is 7.68. The molecule has 0 saturated heterocycles. The summed E-state index contributed by atoms with van der Waals surface area (Å²) in [5.74, 6) is 2.60. The lowest BCUT2D eigenvalue weighted by molar-refractivity contribution is -0.0766. The molecular weight excluding hydrogens is 284 g/mol. The van der Waals surface area contributed by atoms with Gasteiger partial charge in [-0.15, -0.1) is 6.42 Å². The van der Waals surface area contributed by atoms with Crippen LogP contribution in [0.3, 0.4) is 0 Å². The molecule has 3 atom stereocenters. The average molecular weight is 298 g/mol. The molecule has 2 heteroatoms. The Hall–Kier alpha value is -2.60. The number of hydrogen-bond acceptors (Lipinski definition) is 2. The van der Waals surface area contributed by atoms with Crippen LogP contribution in [0.1, 0.15) is 16.7 Å². The zero-order chi connectivity index (χ0) is 15.7. The maximum Gasteiger partial charge on any atom is 0.188 e. The van der Waals surface area contributed by atoms with Gasteiger partial charge in [0.25, 0.3) is 0 Å². The third-order valence-corrected chi connectivity index (χ3v) is 5.16. The maximum absolute atomic E-state index is 11.3. The van der Waals surface area contributed by atoms with Gasteiger partial charge in [-0.05, 0) is 22.8 Å². The molecule has 1 aliphatic carbocycles. The van der Waals surface area contributed by atoms with Gasteiger partial charge < -0.3 is 9.84 Å². The molecule has 0 fully saturated rings. The van der Waals surface area contributed by atoms with E-state index in [0.29, 0.717) is 0 Å². The molecule has 2 heterocycles. The summed E-state index contributed by atoms with van der Waals surface area (Å²) in [6.45, 7) is 0. The van der Waals surface area contributed by atoms with Crippen LogP contribution in [0.5, 0.6) is 0 Å². The van der Waals surface area contributed by atoms with Gasteiger partial charge in [-0.25, -0.2) is 0 Å². The minimum atomic E-state index is -1.47. The van der Waals surface area contributed by atoms with E-state index in [1.165, 1.54) is 0 Å². The van der Waals surface area contributed by atoms with Crippen molar-refractivity contribution in [1.29, 1.82) is 0 Å². The quantitative estimate of drug-likeness (QED) is 0.647. The molecule has 0 amide bonds. The van der Waals surface area contributed by atoms with Gasteiger partial charge in [-0.2, -0.15) is 0 Å². The second-order valence-corrected chi connectivity index (χ2v) is 6.19.